The van der Waals surface area contributed by atoms with E-state index in [1.54, 1.807) is 4.90 Å². The Kier molecular flexibility index (Phi) is 5.78. The molecule has 0 aliphatic carbocycles. The van der Waals surface area contributed by atoms with Crippen LogP contribution in [0.15, 0.2) is 48.5 Å². The zero-order chi connectivity index (χ0) is 18.5. The number of amides is 1. The maximum Gasteiger partial charge on any atom is 0.253 e. The van der Waals surface area contributed by atoms with E-state index in [0.29, 0.717) is 38.3 Å². The van der Waals surface area contributed by atoms with E-state index in [4.69, 9.17) is 0 Å². The van der Waals surface area contributed by atoms with Crippen molar-refractivity contribution in [3.8, 4) is 0 Å². The Balaban J connectivity index is 1.52. The summed E-state index contributed by atoms with van der Waals surface area (Å²) in [7, 11) is 0. The third-order valence-corrected chi connectivity index (χ3v) is 4.80. The van der Waals surface area contributed by atoms with Crippen LogP contribution in [0.25, 0.3) is 0 Å². The van der Waals surface area contributed by atoms with Gasteiger partial charge in [-0.25, -0.2) is 4.39 Å². The van der Waals surface area contributed by atoms with Crippen LogP contribution in [0.2, 0.25) is 0 Å². The van der Waals surface area contributed by atoms with Crippen molar-refractivity contribution >= 4 is 11.7 Å². The van der Waals surface area contributed by atoms with Gasteiger partial charge in [0.25, 0.3) is 5.91 Å². The third-order valence-electron chi connectivity index (χ3n) is 4.80. The lowest BCUT2D eigenvalue weighted by atomic mass is 10.1. The molecule has 5 heteroatoms. The maximum absolute atomic E-state index is 13.0. The quantitative estimate of drug-likeness (QED) is 0.775. The van der Waals surface area contributed by atoms with Crippen molar-refractivity contribution in [1.82, 2.24) is 9.80 Å². The molecule has 0 radical (unpaired) electrons. The summed E-state index contributed by atoms with van der Waals surface area (Å²) < 4.78 is 13.0. The number of Topliss-reactive ketones (excluding diaryl/α,β-unsaturated/α-hetero) is 1. The molecule has 26 heavy (non-hydrogen) atoms. The topological polar surface area (TPSA) is 40.6 Å². The SMILES string of the molecule is CCc1ccc(C(=O)CN2CCN(C(=O)c3ccc(F)cc3)CC2)cc1. The van der Waals surface area contributed by atoms with Crippen molar-refractivity contribution in [2.75, 3.05) is 32.7 Å². The molecule has 1 heterocycles. The van der Waals surface area contributed by atoms with Crippen LogP contribution in [-0.4, -0.2) is 54.2 Å². The van der Waals surface area contributed by atoms with E-state index in [2.05, 4.69) is 11.8 Å². The number of nitrogens with zero attached hydrogens (tertiary/aromatic N) is 2. The van der Waals surface area contributed by atoms with Crippen LogP contribution in [-0.2, 0) is 6.42 Å². The molecule has 3 rings (SSSR count). The number of carbonyl (C=O) groups is 2. The number of hydrogen-bond donors (Lipinski definition) is 0. The number of ketones is 1. The van der Waals surface area contributed by atoms with Gasteiger partial charge in [0.2, 0.25) is 0 Å². The second kappa shape index (κ2) is 8.23. The van der Waals surface area contributed by atoms with Crippen LogP contribution in [0.3, 0.4) is 0 Å². The van der Waals surface area contributed by atoms with E-state index in [1.165, 1.54) is 29.8 Å². The average Bonchev–Trinajstić information content (AvgIpc) is 2.68. The molecule has 0 saturated carbocycles. The van der Waals surface area contributed by atoms with E-state index >= 15 is 0 Å². The first kappa shape index (κ1) is 18.3. The molecule has 0 N–H and O–H groups in total. The number of benzene rings is 2. The van der Waals surface area contributed by atoms with Gasteiger partial charge in [-0.1, -0.05) is 31.2 Å². The lowest BCUT2D eigenvalue weighted by molar-refractivity contribution is 0.0624. The molecule has 2 aromatic rings. The number of halogens is 1. The van der Waals surface area contributed by atoms with Crippen molar-refractivity contribution in [3.05, 3.63) is 71.0 Å². The first-order chi connectivity index (χ1) is 12.6. The molecule has 136 valence electrons. The minimum absolute atomic E-state index is 0.0915. The smallest absolute Gasteiger partial charge is 0.253 e. The highest BCUT2D eigenvalue weighted by Gasteiger charge is 2.23. The molecule has 0 aromatic heterocycles. The first-order valence-electron chi connectivity index (χ1n) is 8.96. The van der Waals surface area contributed by atoms with Crippen LogP contribution in [0.4, 0.5) is 4.39 Å². The molecular formula is C21H23FN2O2. The summed E-state index contributed by atoms with van der Waals surface area (Å²) in [5.74, 6) is -0.339. The maximum atomic E-state index is 13.0. The number of hydrogen-bond acceptors (Lipinski definition) is 3. The van der Waals surface area contributed by atoms with Crippen molar-refractivity contribution in [2.24, 2.45) is 0 Å². The summed E-state index contributed by atoms with van der Waals surface area (Å²) in [6.07, 6.45) is 0.957. The van der Waals surface area contributed by atoms with Gasteiger partial charge in [-0.05, 0) is 36.2 Å². The lowest BCUT2D eigenvalue weighted by Gasteiger charge is -2.34. The molecule has 2 aromatic carbocycles. The normalized spacial score (nSPS) is 15.1. The summed E-state index contributed by atoms with van der Waals surface area (Å²) >= 11 is 0. The van der Waals surface area contributed by atoms with Crippen LogP contribution in [0, 0.1) is 5.82 Å². The van der Waals surface area contributed by atoms with Crippen molar-refractivity contribution in [1.29, 1.82) is 0 Å². The fraction of sp³-hybridized carbons (Fsp3) is 0.333. The minimum atomic E-state index is -0.350. The second-order valence-corrected chi connectivity index (χ2v) is 6.55. The van der Waals surface area contributed by atoms with E-state index in [1.807, 2.05) is 24.3 Å². The van der Waals surface area contributed by atoms with Gasteiger partial charge >= 0.3 is 0 Å². The van der Waals surface area contributed by atoms with Crippen molar-refractivity contribution in [3.63, 3.8) is 0 Å². The summed E-state index contributed by atoms with van der Waals surface area (Å²) in [5, 5.41) is 0. The molecule has 4 nitrogen and oxygen atoms in total. The Labute approximate surface area is 153 Å². The van der Waals surface area contributed by atoms with Gasteiger partial charge in [0.1, 0.15) is 5.82 Å². The third kappa shape index (κ3) is 4.35. The molecule has 1 aliphatic heterocycles. The minimum Gasteiger partial charge on any atom is -0.336 e. The number of aryl methyl sites for hydroxylation is 1. The fourth-order valence-electron chi connectivity index (χ4n) is 3.10. The van der Waals surface area contributed by atoms with Crippen LogP contribution < -0.4 is 0 Å². The summed E-state index contributed by atoms with van der Waals surface area (Å²) in [6.45, 7) is 4.90. The van der Waals surface area contributed by atoms with Gasteiger partial charge in [-0.2, -0.15) is 0 Å². The Morgan fingerprint density at radius 1 is 0.885 bits per heavy atom. The van der Waals surface area contributed by atoms with Crippen molar-refractivity contribution in [2.45, 2.75) is 13.3 Å². The van der Waals surface area contributed by atoms with Crippen LogP contribution in [0.1, 0.15) is 33.2 Å². The molecule has 1 amide bonds. The highest BCUT2D eigenvalue weighted by molar-refractivity contribution is 5.97. The zero-order valence-electron chi connectivity index (χ0n) is 15.0. The van der Waals surface area contributed by atoms with Crippen LogP contribution >= 0.6 is 0 Å². The van der Waals surface area contributed by atoms with E-state index < -0.39 is 0 Å². The Morgan fingerprint density at radius 2 is 1.46 bits per heavy atom. The highest BCUT2D eigenvalue weighted by atomic mass is 19.1. The molecule has 0 atom stereocenters. The lowest BCUT2D eigenvalue weighted by Crippen LogP contribution is -2.49. The second-order valence-electron chi connectivity index (χ2n) is 6.55. The highest BCUT2D eigenvalue weighted by Crippen LogP contribution is 2.11. The molecule has 0 bridgehead atoms. The molecule has 1 saturated heterocycles. The molecule has 0 spiro atoms. The first-order valence-corrected chi connectivity index (χ1v) is 8.96. The average molecular weight is 354 g/mol. The summed E-state index contributed by atoms with van der Waals surface area (Å²) in [4.78, 5) is 28.7. The number of carbonyl (C=O) groups excluding carboxylic acids is 2. The van der Waals surface area contributed by atoms with Gasteiger partial charge < -0.3 is 4.90 Å². The molecule has 1 fully saturated rings. The number of rotatable bonds is 5. The predicted molar refractivity (Wildman–Crippen MR) is 98.9 cm³/mol. The largest absolute Gasteiger partial charge is 0.336 e. The Hall–Kier alpha value is -2.53. The predicted octanol–water partition coefficient (Wildman–Crippen LogP) is 3.03. The Bertz CT molecular complexity index is 764. The standard InChI is InChI=1S/C21H23FN2O2/c1-2-16-3-5-17(6-4-16)20(25)15-23-11-13-24(14-12-23)21(26)18-7-9-19(22)10-8-18/h3-10H,2,11-15H2,1H3. The summed E-state index contributed by atoms with van der Waals surface area (Å²) in [5.41, 5.74) is 2.44. The van der Waals surface area contributed by atoms with Gasteiger partial charge in [-0.3, -0.25) is 14.5 Å². The monoisotopic (exact) mass is 354 g/mol. The Morgan fingerprint density at radius 3 is 2.04 bits per heavy atom. The van der Waals surface area contributed by atoms with E-state index in [-0.39, 0.29) is 17.5 Å². The van der Waals surface area contributed by atoms with E-state index in [9.17, 15) is 14.0 Å². The number of piperazine rings is 1. The molecular weight excluding hydrogens is 331 g/mol. The molecule has 1 aliphatic rings. The summed E-state index contributed by atoms with van der Waals surface area (Å²) in [6, 6.07) is 13.4. The zero-order valence-corrected chi connectivity index (χ0v) is 15.0. The van der Waals surface area contributed by atoms with E-state index in [0.717, 1.165) is 12.0 Å². The molecule has 0 unspecified atom stereocenters. The van der Waals surface area contributed by atoms with Gasteiger partial charge in [-0.15, -0.1) is 0 Å². The van der Waals surface area contributed by atoms with Gasteiger partial charge in [0, 0.05) is 37.3 Å². The van der Waals surface area contributed by atoms with Crippen molar-refractivity contribution < 1.29 is 14.0 Å². The van der Waals surface area contributed by atoms with Gasteiger partial charge in [0.05, 0.1) is 6.54 Å². The fourth-order valence-corrected chi connectivity index (χ4v) is 3.10. The van der Waals surface area contributed by atoms with Gasteiger partial charge in [0.15, 0.2) is 5.78 Å². The van der Waals surface area contributed by atoms with Crippen LogP contribution in [0.5, 0.6) is 0 Å².